The van der Waals surface area contributed by atoms with Crippen LogP contribution in [0.4, 0.5) is 0 Å². The third kappa shape index (κ3) is 2.57. The Kier molecular flexibility index (Phi) is 3.76. The molecule has 2 aromatic carbocycles. The quantitative estimate of drug-likeness (QED) is 0.811. The number of rotatable bonds is 1. The third-order valence-corrected chi connectivity index (χ3v) is 5.48. The fraction of sp³-hybridized carbons (Fsp3) is 0.316. The lowest BCUT2D eigenvalue weighted by molar-refractivity contribution is 0.112. The smallest absolute Gasteiger partial charge is 0.191 e. The van der Waals surface area contributed by atoms with E-state index in [-0.39, 0.29) is 11.6 Å². The van der Waals surface area contributed by atoms with Crippen LogP contribution in [0.5, 0.6) is 5.75 Å². The van der Waals surface area contributed by atoms with E-state index in [1.54, 1.807) is 0 Å². The zero-order valence-electron chi connectivity index (χ0n) is 13.6. The number of halogens is 1. The molecule has 124 valence electrons. The molecule has 2 atom stereocenters. The molecule has 1 spiro atoms. The Morgan fingerprint density at radius 1 is 1.25 bits per heavy atom. The maximum absolute atomic E-state index is 6.32. The Morgan fingerprint density at radius 2 is 2.04 bits per heavy atom. The van der Waals surface area contributed by atoms with Gasteiger partial charge >= 0.3 is 0 Å². The summed E-state index contributed by atoms with van der Waals surface area (Å²) in [6.07, 6.45) is 1.72. The molecule has 0 aromatic heterocycles. The molecule has 4 rings (SSSR count). The van der Waals surface area contributed by atoms with Crippen LogP contribution in [-0.2, 0) is 5.54 Å². The molecule has 2 aliphatic heterocycles. The molecule has 24 heavy (non-hydrogen) atoms. The van der Waals surface area contributed by atoms with Crippen molar-refractivity contribution in [3.05, 3.63) is 64.1 Å². The van der Waals surface area contributed by atoms with Crippen LogP contribution in [0.25, 0.3) is 0 Å². The number of guanidine groups is 1. The van der Waals surface area contributed by atoms with Gasteiger partial charge in [0, 0.05) is 30.0 Å². The number of aliphatic imine (C=N–C) groups is 1. The summed E-state index contributed by atoms with van der Waals surface area (Å²) < 4.78 is 7.36. The van der Waals surface area contributed by atoms with E-state index in [0.717, 1.165) is 35.2 Å². The van der Waals surface area contributed by atoms with Crippen LogP contribution in [-0.4, -0.2) is 24.5 Å². The van der Waals surface area contributed by atoms with Crippen LogP contribution < -0.4 is 10.5 Å². The van der Waals surface area contributed by atoms with E-state index in [2.05, 4.69) is 46.3 Å². The van der Waals surface area contributed by atoms with Crippen molar-refractivity contribution in [1.82, 2.24) is 4.90 Å². The highest BCUT2D eigenvalue weighted by Crippen LogP contribution is 2.50. The van der Waals surface area contributed by atoms with Crippen LogP contribution in [0.1, 0.15) is 30.1 Å². The van der Waals surface area contributed by atoms with E-state index in [1.165, 1.54) is 5.56 Å². The van der Waals surface area contributed by atoms with Crippen molar-refractivity contribution in [3.8, 4) is 5.75 Å². The lowest BCUT2D eigenvalue weighted by Crippen LogP contribution is -2.47. The van der Waals surface area contributed by atoms with Crippen molar-refractivity contribution in [3.63, 3.8) is 0 Å². The normalized spacial score (nSPS) is 25.8. The molecule has 2 unspecified atom stereocenters. The number of nitrogens with zero attached hydrogens (tertiary/aromatic N) is 2. The minimum Gasteiger partial charge on any atom is -0.485 e. The number of hydrogen-bond donors (Lipinski definition) is 1. The van der Waals surface area contributed by atoms with Gasteiger partial charge in [0.05, 0.1) is 5.54 Å². The second-order valence-corrected chi connectivity index (χ2v) is 7.45. The van der Waals surface area contributed by atoms with E-state index >= 15 is 0 Å². The molecule has 2 N–H and O–H groups in total. The monoisotopic (exact) mass is 385 g/mol. The van der Waals surface area contributed by atoms with Crippen molar-refractivity contribution in [2.24, 2.45) is 10.7 Å². The number of hydrogen-bond acceptors (Lipinski definition) is 4. The van der Waals surface area contributed by atoms with Gasteiger partial charge in [0.15, 0.2) is 5.96 Å². The molecular formula is C19H20BrN3O. The molecule has 2 aromatic rings. The fourth-order valence-electron chi connectivity index (χ4n) is 3.60. The highest BCUT2D eigenvalue weighted by molar-refractivity contribution is 9.10. The molecular weight excluding hydrogens is 366 g/mol. The Bertz CT molecular complexity index is 792. The van der Waals surface area contributed by atoms with Gasteiger partial charge < -0.3 is 15.4 Å². The van der Waals surface area contributed by atoms with Crippen LogP contribution in [0, 0.1) is 0 Å². The summed E-state index contributed by atoms with van der Waals surface area (Å²) in [4.78, 5) is 6.94. The first-order chi connectivity index (χ1) is 11.6. The molecule has 0 bridgehead atoms. The maximum atomic E-state index is 6.32. The summed E-state index contributed by atoms with van der Waals surface area (Å²) in [7, 11) is 1.99. The lowest BCUT2D eigenvalue weighted by atomic mass is 9.77. The minimum atomic E-state index is -0.325. The molecule has 0 aliphatic carbocycles. The van der Waals surface area contributed by atoms with E-state index in [4.69, 9.17) is 15.5 Å². The van der Waals surface area contributed by atoms with E-state index in [1.807, 2.05) is 30.1 Å². The molecule has 5 heteroatoms. The minimum absolute atomic E-state index is 0.0140. The third-order valence-electron chi connectivity index (χ3n) is 4.99. The number of fused-ring (bicyclic) bond motifs is 2. The van der Waals surface area contributed by atoms with E-state index in [9.17, 15) is 0 Å². The Morgan fingerprint density at radius 3 is 2.79 bits per heavy atom. The van der Waals surface area contributed by atoms with Crippen molar-refractivity contribution in [1.29, 1.82) is 0 Å². The SMILES string of the molecule is CN1CCC2(CC(c3ccccc3)Oc3ccc(Br)cc32)N=C1N. The van der Waals surface area contributed by atoms with Crippen LogP contribution in [0.2, 0.25) is 0 Å². The second kappa shape index (κ2) is 5.81. The van der Waals surface area contributed by atoms with Gasteiger partial charge in [0.2, 0.25) is 0 Å². The van der Waals surface area contributed by atoms with Crippen molar-refractivity contribution < 1.29 is 4.74 Å². The molecule has 4 nitrogen and oxygen atoms in total. The van der Waals surface area contributed by atoms with Crippen molar-refractivity contribution >= 4 is 21.9 Å². The van der Waals surface area contributed by atoms with Gasteiger partial charge in [-0.3, -0.25) is 0 Å². The summed E-state index contributed by atoms with van der Waals surface area (Å²) in [6, 6.07) is 16.5. The number of benzene rings is 2. The Labute approximate surface area is 150 Å². The zero-order valence-corrected chi connectivity index (χ0v) is 15.2. The first-order valence-electron chi connectivity index (χ1n) is 8.15. The topological polar surface area (TPSA) is 50.8 Å². The summed E-state index contributed by atoms with van der Waals surface area (Å²) in [6.45, 7) is 0.892. The van der Waals surface area contributed by atoms with Gasteiger partial charge in [-0.1, -0.05) is 46.3 Å². The van der Waals surface area contributed by atoms with Crippen LogP contribution in [0.15, 0.2) is 58.0 Å². The summed E-state index contributed by atoms with van der Waals surface area (Å²) >= 11 is 3.58. The van der Waals surface area contributed by atoms with Gasteiger partial charge in [-0.05, 0) is 30.2 Å². The van der Waals surface area contributed by atoms with Crippen LogP contribution in [0.3, 0.4) is 0 Å². The molecule has 0 amide bonds. The summed E-state index contributed by atoms with van der Waals surface area (Å²) in [5, 5.41) is 0. The highest BCUT2D eigenvalue weighted by atomic mass is 79.9. The summed E-state index contributed by atoms with van der Waals surface area (Å²) in [5.74, 6) is 1.50. The molecule has 2 heterocycles. The van der Waals surface area contributed by atoms with Crippen LogP contribution >= 0.6 is 15.9 Å². The zero-order chi connectivity index (χ0) is 16.7. The average molecular weight is 386 g/mol. The van der Waals surface area contributed by atoms with Crippen molar-refractivity contribution in [2.45, 2.75) is 24.5 Å². The van der Waals surface area contributed by atoms with Gasteiger partial charge in [-0.25, -0.2) is 4.99 Å². The number of nitrogens with two attached hydrogens (primary N) is 1. The fourth-order valence-corrected chi connectivity index (χ4v) is 3.97. The largest absolute Gasteiger partial charge is 0.485 e. The van der Waals surface area contributed by atoms with Gasteiger partial charge in [0.25, 0.3) is 0 Å². The molecule has 0 saturated carbocycles. The molecule has 0 saturated heterocycles. The lowest BCUT2D eigenvalue weighted by Gasteiger charge is -2.44. The first kappa shape index (κ1) is 15.5. The summed E-state index contributed by atoms with van der Waals surface area (Å²) in [5.41, 5.74) is 8.17. The maximum Gasteiger partial charge on any atom is 0.191 e. The first-order valence-corrected chi connectivity index (χ1v) is 8.95. The Hall–Kier alpha value is -2.01. The predicted octanol–water partition coefficient (Wildman–Crippen LogP) is 3.82. The van der Waals surface area contributed by atoms with Gasteiger partial charge in [-0.15, -0.1) is 0 Å². The van der Waals surface area contributed by atoms with E-state index < -0.39 is 0 Å². The number of ether oxygens (including phenoxy) is 1. The molecule has 2 aliphatic rings. The molecule has 0 radical (unpaired) electrons. The molecule has 0 fully saturated rings. The Balaban J connectivity index is 1.84. The van der Waals surface area contributed by atoms with Gasteiger partial charge in [0.1, 0.15) is 11.9 Å². The van der Waals surface area contributed by atoms with E-state index in [0.29, 0.717) is 5.96 Å². The van der Waals surface area contributed by atoms with Gasteiger partial charge in [-0.2, -0.15) is 0 Å². The average Bonchev–Trinajstić information content (AvgIpc) is 2.60. The predicted molar refractivity (Wildman–Crippen MR) is 99.1 cm³/mol. The standard InChI is InChI=1S/C19H20BrN3O/c1-23-10-9-19(22-18(23)21)12-17(13-5-3-2-4-6-13)24-16-8-7-14(20)11-15(16)19/h2-8,11,17H,9-10,12H2,1H3,(H2,21,22). The highest BCUT2D eigenvalue weighted by Gasteiger charge is 2.44. The van der Waals surface area contributed by atoms with Crippen molar-refractivity contribution in [2.75, 3.05) is 13.6 Å². The second-order valence-electron chi connectivity index (χ2n) is 6.53.